The number of hydrogen-bond acceptors (Lipinski definition) is 2. The molecule has 0 fully saturated rings. The second-order valence-corrected chi connectivity index (χ2v) is 6.84. The van der Waals surface area contributed by atoms with E-state index in [1.165, 1.54) is 10.5 Å². The second kappa shape index (κ2) is 7.95. The number of hydrogen-bond donors (Lipinski definition) is 1. The summed E-state index contributed by atoms with van der Waals surface area (Å²) in [5.74, 6) is 0.797. The Kier molecular flexibility index (Phi) is 5.68. The Morgan fingerprint density at radius 2 is 1.76 bits per heavy atom. The Morgan fingerprint density at radius 1 is 1.08 bits per heavy atom. The molecule has 6 heteroatoms. The van der Waals surface area contributed by atoms with Gasteiger partial charge in [-0.2, -0.15) is 4.68 Å². The van der Waals surface area contributed by atoms with E-state index in [9.17, 15) is 0 Å². The lowest BCUT2D eigenvalue weighted by molar-refractivity contribution is -0.935. The van der Waals surface area contributed by atoms with Crippen molar-refractivity contribution in [3.8, 4) is 11.4 Å². The summed E-state index contributed by atoms with van der Waals surface area (Å²) in [6.45, 7) is 4.84. The number of nitrogens with zero attached hydrogens (tertiary/aromatic N) is 3. The molecule has 0 bridgehead atoms. The third kappa shape index (κ3) is 4.00. The predicted molar refractivity (Wildman–Crippen MR) is 104 cm³/mol. The average molecular weight is 374 g/mol. The summed E-state index contributed by atoms with van der Waals surface area (Å²) in [5, 5.41) is 5.42. The van der Waals surface area contributed by atoms with Gasteiger partial charge in [0.2, 0.25) is 4.77 Å². The lowest BCUT2D eigenvalue weighted by atomic mass is 10.2. The van der Waals surface area contributed by atoms with Crippen molar-refractivity contribution in [1.82, 2.24) is 14.3 Å². The molecule has 3 rings (SSSR count). The third-order valence-electron chi connectivity index (χ3n) is 4.33. The minimum absolute atomic E-state index is 0.682. The van der Waals surface area contributed by atoms with E-state index in [1.807, 2.05) is 46.6 Å². The molecule has 0 saturated carbocycles. The van der Waals surface area contributed by atoms with Crippen molar-refractivity contribution in [3.63, 3.8) is 0 Å². The van der Waals surface area contributed by atoms with E-state index in [4.69, 9.17) is 28.9 Å². The van der Waals surface area contributed by atoms with E-state index in [2.05, 4.69) is 31.2 Å². The highest BCUT2D eigenvalue weighted by molar-refractivity contribution is 7.71. The van der Waals surface area contributed by atoms with Crippen molar-refractivity contribution in [2.45, 2.75) is 20.1 Å². The zero-order valence-corrected chi connectivity index (χ0v) is 16.0. The number of halogens is 1. The predicted octanol–water partition coefficient (Wildman–Crippen LogP) is 3.33. The van der Waals surface area contributed by atoms with Crippen LogP contribution in [-0.4, -0.2) is 20.9 Å². The number of nitrogens with one attached hydrogen (secondary N) is 1. The molecule has 0 radical (unpaired) electrons. The molecular weight excluding hydrogens is 352 g/mol. The fourth-order valence-corrected chi connectivity index (χ4v) is 3.27. The van der Waals surface area contributed by atoms with Crippen molar-refractivity contribution in [3.05, 3.63) is 70.0 Å². The molecule has 130 valence electrons. The van der Waals surface area contributed by atoms with Crippen LogP contribution in [0.3, 0.4) is 0 Å². The van der Waals surface area contributed by atoms with E-state index in [-0.39, 0.29) is 0 Å². The summed E-state index contributed by atoms with van der Waals surface area (Å²) in [4.78, 5) is 1.39. The molecule has 0 saturated heterocycles. The number of quaternary nitrogens is 1. The third-order valence-corrected chi connectivity index (χ3v) is 5.14. The van der Waals surface area contributed by atoms with Gasteiger partial charge < -0.3 is 9.47 Å². The molecule has 0 aliphatic rings. The molecule has 1 heterocycles. The number of rotatable bonds is 6. The minimum atomic E-state index is 0.682. The van der Waals surface area contributed by atoms with Gasteiger partial charge in [0, 0.05) is 18.2 Å². The number of aromatic nitrogens is 3. The molecular formula is C19H22ClN4S+. The van der Waals surface area contributed by atoms with Gasteiger partial charge in [-0.15, -0.1) is 5.10 Å². The van der Waals surface area contributed by atoms with Crippen LogP contribution in [0.15, 0.2) is 54.6 Å². The Balaban J connectivity index is 1.87. The lowest BCUT2D eigenvalue weighted by Crippen LogP contribution is -3.09. The van der Waals surface area contributed by atoms with E-state index >= 15 is 0 Å². The zero-order chi connectivity index (χ0) is 17.8. The quantitative estimate of drug-likeness (QED) is 0.671. The van der Waals surface area contributed by atoms with Crippen molar-refractivity contribution in [1.29, 1.82) is 0 Å². The van der Waals surface area contributed by atoms with E-state index in [1.54, 1.807) is 0 Å². The van der Waals surface area contributed by atoms with E-state index in [0.717, 1.165) is 31.1 Å². The van der Waals surface area contributed by atoms with Crippen LogP contribution in [0.25, 0.3) is 11.4 Å². The van der Waals surface area contributed by atoms with Crippen molar-refractivity contribution < 1.29 is 4.90 Å². The molecule has 1 unspecified atom stereocenters. The second-order valence-electron chi connectivity index (χ2n) is 6.07. The van der Waals surface area contributed by atoms with E-state index in [0.29, 0.717) is 9.79 Å². The van der Waals surface area contributed by atoms with Crippen LogP contribution >= 0.6 is 23.8 Å². The van der Waals surface area contributed by atoms with Crippen LogP contribution in [0, 0.1) is 4.77 Å². The monoisotopic (exact) mass is 373 g/mol. The Morgan fingerprint density at radius 3 is 2.44 bits per heavy atom. The maximum absolute atomic E-state index is 6.33. The average Bonchev–Trinajstić information content (AvgIpc) is 2.91. The van der Waals surface area contributed by atoms with Gasteiger partial charge in [0.1, 0.15) is 6.54 Å². The summed E-state index contributed by atoms with van der Waals surface area (Å²) in [6, 6.07) is 18.2. The Hall–Kier alpha value is -1.95. The molecule has 0 aliphatic heterocycles. The van der Waals surface area contributed by atoms with Gasteiger partial charge in [-0.25, -0.2) is 0 Å². The van der Waals surface area contributed by atoms with Crippen LogP contribution in [-0.2, 0) is 20.3 Å². The summed E-state index contributed by atoms with van der Waals surface area (Å²) < 4.78 is 4.52. The first-order chi connectivity index (χ1) is 12.1. The molecule has 4 nitrogen and oxygen atoms in total. The summed E-state index contributed by atoms with van der Waals surface area (Å²) in [6.07, 6.45) is 0. The van der Waals surface area contributed by atoms with E-state index < -0.39 is 0 Å². The molecule has 1 aromatic heterocycles. The van der Waals surface area contributed by atoms with Gasteiger partial charge in [0.25, 0.3) is 0 Å². The summed E-state index contributed by atoms with van der Waals surface area (Å²) >= 11 is 11.9. The molecule has 2 aromatic carbocycles. The van der Waals surface area contributed by atoms with Gasteiger partial charge >= 0.3 is 0 Å². The molecule has 0 spiro atoms. The Labute approximate surface area is 158 Å². The molecule has 3 aromatic rings. The maximum Gasteiger partial charge on any atom is 0.202 e. The van der Waals surface area contributed by atoms with Crippen LogP contribution < -0.4 is 4.90 Å². The fourth-order valence-electron chi connectivity index (χ4n) is 2.86. The standard InChI is InChI=1S/C19H21ClN4S/c1-3-23(13-15-9-5-4-6-10-15)14-24-19(25)22(2)18(21-24)16-11-7-8-12-17(16)20/h4-12H,3,13-14H2,1-2H3/p+1. The fraction of sp³-hybridized carbons (Fsp3) is 0.263. The van der Waals surface area contributed by atoms with Crippen molar-refractivity contribution >= 4 is 23.8 Å². The minimum Gasteiger partial charge on any atom is -0.313 e. The van der Waals surface area contributed by atoms with Gasteiger partial charge in [0.05, 0.1) is 11.6 Å². The van der Waals surface area contributed by atoms with Gasteiger partial charge in [-0.05, 0) is 31.3 Å². The highest BCUT2D eigenvalue weighted by Crippen LogP contribution is 2.25. The summed E-state index contributed by atoms with van der Waals surface area (Å²) in [5.41, 5.74) is 2.21. The van der Waals surface area contributed by atoms with Crippen LogP contribution in [0.1, 0.15) is 12.5 Å². The van der Waals surface area contributed by atoms with Gasteiger partial charge in [0.15, 0.2) is 12.5 Å². The van der Waals surface area contributed by atoms with Crippen molar-refractivity contribution in [2.75, 3.05) is 6.54 Å². The summed E-state index contributed by atoms with van der Waals surface area (Å²) in [7, 11) is 1.94. The van der Waals surface area contributed by atoms with Crippen LogP contribution in [0.2, 0.25) is 5.02 Å². The van der Waals surface area contributed by atoms with Gasteiger partial charge in [-0.3, -0.25) is 0 Å². The zero-order valence-electron chi connectivity index (χ0n) is 14.4. The van der Waals surface area contributed by atoms with Crippen LogP contribution in [0.4, 0.5) is 0 Å². The topological polar surface area (TPSA) is 27.2 Å². The molecule has 0 aliphatic carbocycles. The molecule has 1 atom stereocenters. The molecule has 25 heavy (non-hydrogen) atoms. The van der Waals surface area contributed by atoms with Gasteiger partial charge in [-0.1, -0.05) is 54.1 Å². The SMILES string of the molecule is CC[NH+](Cc1ccccc1)Cn1nc(-c2ccccc2Cl)n(C)c1=S. The molecule has 0 amide bonds. The largest absolute Gasteiger partial charge is 0.313 e. The van der Waals surface area contributed by atoms with Crippen LogP contribution in [0.5, 0.6) is 0 Å². The number of benzene rings is 2. The first-order valence-corrected chi connectivity index (χ1v) is 9.15. The van der Waals surface area contributed by atoms with Crippen molar-refractivity contribution in [2.24, 2.45) is 7.05 Å². The Bertz CT molecular complexity index is 901. The normalized spacial score (nSPS) is 12.3. The lowest BCUT2D eigenvalue weighted by Gasteiger charge is -2.17. The first kappa shape index (κ1) is 17.9. The highest BCUT2D eigenvalue weighted by Gasteiger charge is 2.16. The maximum atomic E-state index is 6.33. The smallest absolute Gasteiger partial charge is 0.202 e. The highest BCUT2D eigenvalue weighted by atomic mass is 35.5. The molecule has 1 N–H and O–H groups in total. The first-order valence-electron chi connectivity index (χ1n) is 8.36.